The molecule has 1 aromatic heterocycles. The minimum atomic E-state index is -3.49. The zero-order valence-electron chi connectivity index (χ0n) is 12.6. The van der Waals surface area contributed by atoms with Crippen LogP contribution in [0.1, 0.15) is 28.8 Å². The van der Waals surface area contributed by atoms with Gasteiger partial charge in [-0.05, 0) is 42.0 Å². The molecule has 2 aromatic rings. The Morgan fingerprint density at radius 1 is 1.17 bits per heavy atom. The monoisotopic (exact) mass is 350 g/mol. The Bertz CT molecular complexity index is 779. The first-order valence-corrected chi connectivity index (χ1v) is 9.84. The summed E-state index contributed by atoms with van der Waals surface area (Å²) in [6, 6.07) is 10.4. The maximum Gasteiger partial charge on any atom is 0.253 e. The van der Waals surface area contributed by atoms with Crippen LogP contribution in [0.3, 0.4) is 0 Å². The van der Waals surface area contributed by atoms with Crippen LogP contribution in [-0.4, -0.2) is 32.3 Å². The lowest BCUT2D eigenvalue weighted by Crippen LogP contribution is -2.28. The van der Waals surface area contributed by atoms with Crippen molar-refractivity contribution in [1.29, 1.82) is 0 Å². The Labute approximate surface area is 140 Å². The van der Waals surface area contributed by atoms with E-state index in [1.807, 2.05) is 11.0 Å². The first-order chi connectivity index (χ1) is 11.1. The van der Waals surface area contributed by atoms with Crippen LogP contribution in [-0.2, 0) is 16.6 Å². The van der Waals surface area contributed by atoms with Gasteiger partial charge in [0.1, 0.15) is 4.21 Å². The van der Waals surface area contributed by atoms with E-state index < -0.39 is 10.0 Å². The highest BCUT2D eigenvalue weighted by Gasteiger charge is 2.20. The van der Waals surface area contributed by atoms with Crippen LogP contribution in [0.2, 0.25) is 0 Å². The van der Waals surface area contributed by atoms with Crippen molar-refractivity contribution in [3.8, 4) is 0 Å². The summed E-state index contributed by atoms with van der Waals surface area (Å²) in [5.41, 5.74) is 1.38. The molecule has 0 bridgehead atoms. The second kappa shape index (κ2) is 6.82. The number of rotatable bonds is 5. The van der Waals surface area contributed by atoms with Gasteiger partial charge in [0, 0.05) is 25.2 Å². The number of hydrogen-bond donors (Lipinski definition) is 1. The summed E-state index contributed by atoms with van der Waals surface area (Å²) in [5, 5.41) is 1.73. The predicted molar refractivity (Wildman–Crippen MR) is 89.9 cm³/mol. The molecule has 0 radical (unpaired) electrons. The predicted octanol–water partition coefficient (Wildman–Crippen LogP) is 2.46. The highest BCUT2D eigenvalue weighted by Crippen LogP contribution is 2.17. The molecule has 0 aliphatic carbocycles. The molecule has 1 fully saturated rings. The van der Waals surface area contributed by atoms with Crippen molar-refractivity contribution in [2.45, 2.75) is 23.6 Å². The van der Waals surface area contributed by atoms with Gasteiger partial charge < -0.3 is 4.90 Å². The number of sulfonamides is 1. The molecule has 1 amide bonds. The number of carbonyl (C=O) groups is 1. The zero-order chi connectivity index (χ0) is 16.3. The standard InChI is InChI=1S/C16H18N2O3S2/c19-16(18-8-1-2-9-18)14-6-3-5-13(11-14)12-17-23(20,21)15-7-4-10-22-15/h3-7,10-11,17H,1-2,8-9,12H2. The fourth-order valence-electron chi connectivity index (χ4n) is 2.58. The molecule has 3 rings (SSSR count). The van der Waals surface area contributed by atoms with E-state index in [2.05, 4.69) is 4.72 Å². The van der Waals surface area contributed by atoms with Gasteiger partial charge in [0.25, 0.3) is 5.91 Å². The van der Waals surface area contributed by atoms with E-state index in [1.165, 1.54) is 11.3 Å². The lowest BCUT2D eigenvalue weighted by Gasteiger charge is -2.15. The van der Waals surface area contributed by atoms with Crippen molar-refractivity contribution < 1.29 is 13.2 Å². The Balaban J connectivity index is 1.69. The number of nitrogens with zero attached hydrogens (tertiary/aromatic N) is 1. The zero-order valence-corrected chi connectivity index (χ0v) is 14.2. The molecule has 0 unspecified atom stereocenters. The average molecular weight is 350 g/mol. The molecule has 2 heterocycles. The van der Waals surface area contributed by atoms with E-state index in [0.717, 1.165) is 31.5 Å². The van der Waals surface area contributed by atoms with Gasteiger partial charge in [-0.2, -0.15) is 0 Å². The van der Waals surface area contributed by atoms with Crippen LogP contribution in [0.15, 0.2) is 46.0 Å². The molecular formula is C16H18N2O3S2. The summed E-state index contributed by atoms with van der Waals surface area (Å²) in [4.78, 5) is 14.2. The van der Waals surface area contributed by atoms with Crippen molar-refractivity contribution in [3.05, 3.63) is 52.9 Å². The molecule has 1 aliphatic heterocycles. The SMILES string of the molecule is O=C(c1cccc(CNS(=O)(=O)c2cccs2)c1)N1CCCC1. The van der Waals surface area contributed by atoms with Crippen molar-refractivity contribution in [2.24, 2.45) is 0 Å². The minimum Gasteiger partial charge on any atom is -0.339 e. The quantitative estimate of drug-likeness (QED) is 0.901. The van der Waals surface area contributed by atoms with Gasteiger partial charge in [0.15, 0.2) is 0 Å². The molecule has 1 aromatic carbocycles. The third kappa shape index (κ3) is 3.80. The van der Waals surface area contributed by atoms with Crippen LogP contribution in [0.4, 0.5) is 0 Å². The maximum atomic E-state index is 12.4. The largest absolute Gasteiger partial charge is 0.339 e. The van der Waals surface area contributed by atoms with Gasteiger partial charge in [-0.15, -0.1) is 11.3 Å². The fourth-order valence-corrected chi connectivity index (χ4v) is 4.64. The lowest BCUT2D eigenvalue weighted by molar-refractivity contribution is 0.0792. The molecule has 7 heteroatoms. The van der Waals surface area contributed by atoms with E-state index in [9.17, 15) is 13.2 Å². The Morgan fingerprint density at radius 3 is 2.65 bits per heavy atom. The fraction of sp³-hybridized carbons (Fsp3) is 0.312. The molecular weight excluding hydrogens is 332 g/mol. The molecule has 1 N–H and O–H groups in total. The molecule has 0 atom stereocenters. The first-order valence-electron chi connectivity index (χ1n) is 7.48. The molecule has 122 valence electrons. The number of nitrogens with one attached hydrogen (secondary N) is 1. The van der Waals surface area contributed by atoms with E-state index in [1.54, 1.807) is 35.7 Å². The number of likely N-dealkylation sites (tertiary alicyclic amines) is 1. The van der Waals surface area contributed by atoms with Crippen molar-refractivity contribution in [3.63, 3.8) is 0 Å². The maximum absolute atomic E-state index is 12.4. The normalized spacial score (nSPS) is 15.0. The summed E-state index contributed by atoms with van der Waals surface area (Å²) in [6.45, 7) is 1.77. The summed E-state index contributed by atoms with van der Waals surface area (Å²) in [6.07, 6.45) is 2.10. The highest BCUT2D eigenvalue weighted by molar-refractivity contribution is 7.91. The summed E-state index contributed by atoms with van der Waals surface area (Å²) in [7, 11) is -3.49. The van der Waals surface area contributed by atoms with Crippen molar-refractivity contribution >= 4 is 27.3 Å². The van der Waals surface area contributed by atoms with Gasteiger partial charge in [-0.1, -0.05) is 18.2 Å². The molecule has 1 saturated heterocycles. The van der Waals surface area contributed by atoms with Gasteiger partial charge in [-0.25, -0.2) is 13.1 Å². The third-order valence-electron chi connectivity index (χ3n) is 3.79. The van der Waals surface area contributed by atoms with Gasteiger partial charge >= 0.3 is 0 Å². The van der Waals surface area contributed by atoms with Crippen LogP contribution < -0.4 is 4.72 Å². The summed E-state index contributed by atoms with van der Waals surface area (Å²) < 4.78 is 27.1. The Hall–Kier alpha value is -1.70. The molecule has 5 nitrogen and oxygen atoms in total. The average Bonchev–Trinajstić information content (AvgIpc) is 3.25. The number of carbonyl (C=O) groups excluding carboxylic acids is 1. The number of hydrogen-bond acceptors (Lipinski definition) is 4. The van der Waals surface area contributed by atoms with E-state index >= 15 is 0 Å². The van der Waals surface area contributed by atoms with Crippen LogP contribution >= 0.6 is 11.3 Å². The van der Waals surface area contributed by atoms with E-state index in [4.69, 9.17) is 0 Å². The molecule has 23 heavy (non-hydrogen) atoms. The molecule has 1 aliphatic rings. The Kier molecular flexibility index (Phi) is 4.79. The third-order valence-corrected chi connectivity index (χ3v) is 6.59. The van der Waals surface area contributed by atoms with Crippen LogP contribution in [0.5, 0.6) is 0 Å². The minimum absolute atomic E-state index is 0.0189. The lowest BCUT2D eigenvalue weighted by atomic mass is 10.1. The van der Waals surface area contributed by atoms with Crippen molar-refractivity contribution in [1.82, 2.24) is 9.62 Å². The highest BCUT2D eigenvalue weighted by atomic mass is 32.2. The first kappa shape index (κ1) is 16.2. The summed E-state index contributed by atoms with van der Waals surface area (Å²) in [5.74, 6) is 0.0189. The van der Waals surface area contributed by atoms with Gasteiger partial charge in [0.05, 0.1) is 0 Å². The topological polar surface area (TPSA) is 66.5 Å². The number of benzene rings is 1. The van der Waals surface area contributed by atoms with E-state index in [-0.39, 0.29) is 12.5 Å². The number of amides is 1. The molecule has 0 saturated carbocycles. The Morgan fingerprint density at radius 2 is 1.96 bits per heavy atom. The van der Waals surface area contributed by atoms with E-state index in [0.29, 0.717) is 9.77 Å². The van der Waals surface area contributed by atoms with Gasteiger partial charge in [0.2, 0.25) is 10.0 Å². The smallest absolute Gasteiger partial charge is 0.253 e. The van der Waals surface area contributed by atoms with Gasteiger partial charge in [-0.3, -0.25) is 4.79 Å². The van der Waals surface area contributed by atoms with Crippen LogP contribution in [0, 0.1) is 0 Å². The molecule has 0 spiro atoms. The second-order valence-corrected chi connectivity index (χ2v) is 8.40. The second-order valence-electron chi connectivity index (χ2n) is 5.46. The summed E-state index contributed by atoms with van der Waals surface area (Å²) >= 11 is 1.18. The van der Waals surface area contributed by atoms with Crippen LogP contribution in [0.25, 0.3) is 0 Å². The van der Waals surface area contributed by atoms with Crippen molar-refractivity contribution in [2.75, 3.05) is 13.1 Å². The number of thiophene rings is 1.